The third-order valence-electron chi connectivity index (χ3n) is 6.03. The van der Waals surface area contributed by atoms with Crippen molar-refractivity contribution in [2.75, 3.05) is 37.7 Å². The molecule has 3 heterocycles. The van der Waals surface area contributed by atoms with Gasteiger partial charge in [0, 0.05) is 44.6 Å². The molecule has 28 heavy (non-hydrogen) atoms. The molecule has 1 aromatic heterocycles. The highest BCUT2D eigenvalue weighted by Gasteiger charge is 2.49. The van der Waals surface area contributed by atoms with Crippen molar-refractivity contribution in [1.82, 2.24) is 24.7 Å². The molecule has 1 saturated carbocycles. The molecule has 0 spiro atoms. The lowest BCUT2D eigenvalue weighted by Gasteiger charge is -2.36. The number of hydrogen-bond acceptors (Lipinski definition) is 7. The van der Waals surface area contributed by atoms with Crippen LogP contribution in [0.5, 0.6) is 0 Å². The number of hydrogen-bond donors (Lipinski definition) is 0. The highest BCUT2D eigenvalue weighted by Crippen LogP contribution is 2.31. The third kappa shape index (κ3) is 3.46. The molecule has 150 valence electrons. The minimum atomic E-state index is -0.698. The summed E-state index contributed by atoms with van der Waals surface area (Å²) in [4.78, 5) is 52.8. The first-order chi connectivity index (χ1) is 13.6. The SMILES string of the molecule is C[C@@H]1CCCC[C@H]1N1C(=O)C(=O)N(CN2CCN(c3ncccn3)CC2)C1=O. The number of aromatic nitrogens is 2. The molecule has 0 bridgehead atoms. The second-order valence-corrected chi connectivity index (χ2v) is 7.82. The molecular weight excluding hydrogens is 360 g/mol. The van der Waals surface area contributed by atoms with E-state index in [-0.39, 0.29) is 18.6 Å². The van der Waals surface area contributed by atoms with Crippen molar-refractivity contribution in [2.24, 2.45) is 5.92 Å². The quantitative estimate of drug-likeness (QED) is 0.562. The number of amides is 4. The van der Waals surface area contributed by atoms with E-state index in [9.17, 15) is 14.4 Å². The van der Waals surface area contributed by atoms with Crippen LogP contribution in [-0.2, 0) is 9.59 Å². The van der Waals surface area contributed by atoms with Crippen LogP contribution in [0.1, 0.15) is 32.6 Å². The first-order valence-electron chi connectivity index (χ1n) is 9.99. The van der Waals surface area contributed by atoms with Gasteiger partial charge in [-0.3, -0.25) is 19.4 Å². The van der Waals surface area contributed by atoms with Gasteiger partial charge >= 0.3 is 17.8 Å². The molecule has 9 heteroatoms. The molecule has 2 saturated heterocycles. The van der Waals surface area contributed by atoms with E-state index >= 15 is 0 Å². The molecule has 3 fully saturated rings. The van der Waals surface area contributed by atoms with Crippen LogP contribution in [0.25, 0.3) is 0 Å². The van der Waals surface area contributed by atoms with Gasteiger partial charge in [-0.25, -0.2) is 19.7 Å². The van der Waals surface area contributed by atoms with Gasteiger partial charge in [-0.1, -0.05) is 19.8 Å². The summed E-state index contributed by atoms with van der Waals surface area (Å²) in [5, 5.41) is 0. The van der Waals surface area contributed by atoms with E-state index < -0.39 is 17.8 Å². The van der Waals surface area contributed by atoms with Crippen molar-refractivity contribution in [1.29, 1.82) is 0 Å². The van der Waals surface area contributed by atoms with Gasteiger partial charge in [0.1, 0.15) is 0 Å². The van der Waals surface area contributed by atoms with Crippen molar-refractivity contribution >= 4 is 23.8 Å². The maximum atomic E-state index is 12.9. The number of urea groups is 1. The van der Waals surface area contributed by atoms with Crippen molar-refractivity contribution in [3.05, 3.63) is 18.5 Å². The van der Waals surface area contributed by atoms with Crippen LogP contribution in [0.15, 0.2) is 18.5 Å². The average Bonchev–Trinajstić information content (AvgIpc) is 2.93. The van der Waals surface area contributed by atoms with Crippen molar-refractivity contribution in [3.8, 4) is 0 Å². The standard InChI is InChI=1S/C19H26N6O3/c1-14-5-2-3-6-15(14)25-17(27)16(26)24(19(25)28)13-22-9-11-23(12-10-22)18-20-7-4-8-21-18/h4,7-8,14-15H,2-3,5-6,9-13H2,1H3/t14-,15-/m1/s1. The van der Waals surface area contributed by atoms with Crippen LogP contribution in [0.4, 0.5) is 10.7 Å². The van der Waals surface area contributed by atoms with E-state index in [2.05, 4.69) is 21.8 Å². The first-order valence-corrected chi connectivity index (χ1v) is 9.99. The predicted octanol–water partition coefficient (Wildman–Crippen LogP) is 0.926. The number of imide groups is 2. The molecular formula is C19H26N6O3. The number of carbonyl (C=O) groups is 3. The van der Waals surface area contributed by atoms with Gasteiger partial charge in [0.15, 0.2) is 0 Å². The molecule has 4 amide bonds. The Labute approximate surface area is 164 Å². The third-order valence-corrected chi connectivity index (χ3v) is 6.03. The zero-order chi connectivity index (χ0) is 19.7. The number of piperazine rings is 1. The molecule has 2 aliphatic heterocycles. The highest BCUT2D eigenvalue weighted by atomic mass is 16.2. The second kappa shape index (κ2) is 7.83. The summed E-state index contributed by atoms with van der Waals surface area (Å²) >= 11 is 0. The van der Waals surface area contributed by atoms with Crippen molar-refractivity contribution in [2.45, 2.75) is 38.6 Å². The van der Waals surface area contributed by atoms with Crippen LogP contribution < -0.4 is 4.90 Å². The van der Waals surface area contributed by atoms with Crippen LogP contribution in [0, 0.1) is 5.92 Å². The Morgan fingerprint density at radius 2 is 1.64 bits per heavy atom. The number of carbonyl (C=O) groups excluding carboxylic acids is 3. The fraction of sp³-hybridized carbons (Fsp3) is 0.632. The lowest BCUT2D eigenvalue weighted by Crippen LogP contribution is -2.52. The second-order valence-electron chi connectivity index (χ2n) is 7.82. The molecule has 1 aliphatic carbocycles. The van der Waals surface area contributed by atoms with E-state index in [0.29, 0.717) is 32.1 Å². The molecule has 1 aromatic rings. The van der Waals surface area contributed by atoms with Gasteiger partial charge < -0.3 is 4.90 Å². The number of rotatable bonds is 4. The minimum absolute atomic E-state index is 0.157. The summed E-state index contributed by atoms with van der Waals surface area (Å²) in [5.74, 6) is -0.441. The van der Waals surface area contributed by atoms with Gasteiger partial charge in [-0.2, -0.15) is 0 Å². The molecule has 0 aromatic carbocycles. The fourth-order valence-corrected chi connectivity index (χ4v) is 4.36. The summed E-state index contributed by atoms with van der Waals surface area (Å²) < 4.78 is 0. The Balaban J connectivity index is 1.38. The van der Waals surface area contributed by atoms with Crippen LogP contribution in [0.3, 0.4) is 0 Å². The Morgan fingerprint density at radius 1 is 0.964 bits per heavy atom. The van der Waals surface area contributed by atoms with E-state index in [0.717, 1.165) is 30.6 Å². The molecule has 0 unspecified atom stereocenters. The number of anilines is 1. The van der Waals surface area contributed by atoms with Gasteiger partial charge in [-0.15, -0.1) is 0 Å². The molecule has 2 atom stereocenters. The Hall–Kier alpha value is -2.55. The molecule has 3 aliphatic rings. The topological polar surface area (TPSA) is 90.0 Å². The summed E-state index contributed by atoms with van der Waals surface area (Å²) in [7, 11) is 0. The number of nitrogens with zero attached hydrogens (tertiary/aromatic N) is 6. The Morgan fingerprint density at radius 3 is 2.32 bits per heavy atom. The summed E-state index contributed by atoms with van der Waals surface area (Å²) in [6.07, 6.45) is 7.30. The lowest BCUT2D eigenvalue weighted by atomic mass is 9.85. The molecule has 0 N–H and O–H groups in total. The van der Waals surface area contributed by atoms with Gasteiger partial charge in [0.25, 0.3) is 0 Å². The predicted molar refractivity (Wildman–Crippen MR) is 101 cm³/mol. The maximum Gasteiger partial charge on any atom is 0.335 e. The zero-order valence-electron chi connectivity index (χ0n) is 16.2. The van der Waals surface area contributed by atoms with Crippen LogP contribution in [-0.4, -0.2) is 81.4 Å². The van der Waals surface area contributed by atoms with Gasteiger partial charge in [-0.05, 0) is 24.8 Å². The Kier molecular flexibility index (Phi) is 5.25. The maximum absolute atomic E-state index is 12.9. The van der Waals surface area contributed by atoms with E-state index in [1.807, 2.05) is 4.90 Å². The highest BCUT2D eigenvalue weighted by molar-refractivity contribution is 6.44. The molecule has 0 radical (unpaired) electrons. The molecule has 4 rings (SSSR count). The smallest absolute Gasteiger partial charge is 0.335 e. The minimum Gasteiger partial charge on any atom is -0.338 e. The average molecular weight is 386 g/mol. The monoisotopic (exact) mass is 386 g/mol. The van der Waals surface area contributed by atoms with Crippen LogP contribution >= 0.6 is 0 Å². The van der Waals surface area contributed by atoms with Gasteiger partial charge in [0.2, 0.25) is 5.95 Å². The van der Waals surface area contributed by atoms with E-state index in [1.165, 1.54) is 4.90 Å². The normalized spacial score (nSPS) is 27.0. The van der Waals surface area contributed by atoms with Gasteiger partial charge in [0.05, 0.1) is 6.67 Å². The van der Waals surface area contributed by atoms with E-state index in [4.69, 9.17) is 0 Å². The van der Waals surface area contributed by atoms with Crippen LogP contribution in [0.2, 0.25) is 0 Å². The van der Waals surface area contributed by atoms with Crippen molar-refractivity contribution < 1.29 is 14.4 Å². The summed E-state index contributed by atoms with van der Waals surface area (Å²) in [6.45, 7) is 4.97. The zero-order valence-corrected chi connectivity index (χ0v) is 16.2. The summed E-state index contributed by atoms with van der Waals surface area (Å²) in [5.41, 5.74) is 0. The lowest BCUT2D eigenvalue weighted by molar-refractivity contribution is -0.145. The largest absolute Gasteiger partial charge is 0.338 e. The van der Waals surface area contributed by atoms with E-state index in [1.54, 1.807) is 18.5 Å². The Bertz CT molecular complexity index is 749. The fourth-order valence-electron chi connectivity index (χ4n) is 4.36. The summed E-state index contributed by atoms with van der Waals surface area (Å²) in [6, 6.07) is 1.16. The van der Waals surface area contributed by atoms with Crippen molar-refractivity contribution in [3.63, 3.8) is 0 Å². The first kappa shape index (κ1) is 18.8. The molecule has 9 nitrogen and oxygen atoms in total.